The first-order valence-electron chi connectivity index (χ1n) is 8.69. The van der Waals surface area contributed by atoms with Gasteiger partial charge in [-0.25, -0.2) is 9.97 Å². The molecule has 3 heterocycles. The van der Waals surface area contributed by atoms with Crippen molar-refractivity contribution in [1.82, 2.24) is 19.5 Å². The van der Waals surface area contributed by atoms with Gasteiger partial charge >= 0.3 is 0 Å². The summed E-state index contributed by atoms with van der Waals surface area (Å²) in [4.78, 5) is 25.7. The van der Waals surface area contributed by atoms with E-state index in [1.807, 2.05) is 26.2 Å². The molecule has 0 saturated heterocycles. The van der Waals surface area contributed by atoms with Crippen molar-refractivity contribution >= 4 is 22.8 Å². The summed E-state index contributed by atoms with van der Waals surface area (Å²) in [5.74, 6) is -0.199. The zero-order chi connectivity index (χ0) is 17.4. The van der Waals surface area contributed by atoms with Crippen molar-refractivity contribution in [3.05, 3.63) is 47.7 Å². The standard InChI is InChI=1S/C19H21N5O/c1-12-7-15(10-20-13(12)2)23-19(25)14-8-17-18(21-9-14)24(11-22-17)16-5-3-4-6-16/h7-11,16H,3-6H2,1-2H3,(H,23,25). The molecule has 1 amide bonds. The van der Waals surface area contributed by atoms with Gasteiger partial charge in [0, 0.05) is 17.9 Å². The molecule has 1 aliphatic carbocycles. The average molecular weight is 335 g/mol. The van der Waals surface area contributed by atoms with Crippen LogP contribution in [-0.4, -0.2) is 25.4 Å². The maximum atomic E-state index is 12.5. The molecule has 0 aliphatic heterocycles. The van der Waals surface area contributed by atoms with E-state index in [1.54, 1.807) is 18.5 Å². The maximum absolute atomic E-state index is 12.5. The normalized spacial score (nSPS) is 15.0. The zero-order valence-corrected chi connectivity index (χ0v) is 14.5. The molecule has 0 aromatic carbocycles. The lowest BCUT2D eigenvalue weighted by Gasteiger charge is -2.11. The number of rotatable bonds is 3. The highest BCUT2D eigenvalue weighted by atomic mass is 16.1. The second-order valence-corrected chi connectivity index (χ2v) is 6.74. The van der Waals surface area contributed by atoms with Crippen LogP contribution >= 0.6 is 0 Å². The lowest BCUT2D eigenvalue weighted by Crippen LogP contribution is -2.13. The van der Waals surface area contributed by atoms with Gasteiger partial charge in [-0.15, -0.1) is 0 Å². The monoisotopic (exact) mass is 335 g/mol. The summed E-state index contributed by atoms with van der Waals surface area (Å²) < 4.78 is 2.15. The Labute approximate surface area is 146 Å². The van der Waals surface area contributed by atoms with Crippen LogP contribution in [0.1, 0.15) is 53.3 Å². The smallest absolute Gasteiger partial charge is 0.257 e. The Kier molecular flexibility index (Phi) is 3.95. The Morgan fingerprint density at radius 1 is 1.12 bits per heavy atom. The van der Waals surface area contributed by atoms with Crippen LogP contribution in [0.25, 0.3) is 11.2 Å². The Morgan fingerprint density at radius 2 is 1.92 bits per heavy atom. The highest BCUT2D eigenvalue weighted by molar-refractivity contribution is 6.05. The van der Waals surface area contributed by atoms with Crippen molar-refractivity contribution in [3.63, 3.8) is 0 Å². The number of aryl methyl sites for hydroxylation is 2. The van der Waals surface area contributed by atoms with Crippen molar-refractivity contribution < 1.29 is 4.79 Å². The van der Waals surface area contributed by atoms with Gasteiger partial charge in [0.05, 0.1) is 23.8 Å². The summed E-state index contributed by atoms with van der Waals surface area (Å²) in [6.07, 6.45) is 10.0. The van der Waals surface area contributed by atoms with Crippen molar-refractivity contribution in [1.29, 1.82) is 0 Å². The molecular weight excluding hydrogens is 314 g/mol. The number of nitrogens with zero attached hydrogens (tertiary/aromatic N) is 4. The fourth-order valence-electron chi connectivity index (χ4n) is 3.41. The summed E-state index contributed by atoms with van der Waals surface area (Å²) in [5.41, 5.74) is 4.81. The highest BCUT2D eigenvalue weighted by Crippen LogP contribution is 2.31. The van der Waals surface area contributed by atoms with Crippen LogP contribution in [-0.2, 0) is 0 Å². The Bertz CT molecular complexity index is 940. The second kappa shape index (κ2) is 6.27. The van der Waals surface area contributed by atoms with E-state index in [9.17, 15) is 4.79 Å². The number of anilines is 1. The maximum Gasteiger partial charge on any atom is 0.257 e. The van der Waals surface area contributed by atoms with E-state index in [4.69, 9.17) is 0 Å². The van der Waals surface area contributed by atoms with Crippen LogP contribution in [0.15, 0.2) is 30.9 Å². The molecule has 3 aromatic heterocycles. The number of pyridine rings is 2. The first-order valence-corrected chi connectivity index (χ1v) is 8.69. The van der Waals surface area contributed by atoms with Crippen LogP contribution in [0.3, 0.4) is 0 Å². The molecule has 4 rings (SSSR count). The van der Waals surface area contributed by atoms with Crippen LogP contribution in [0, 0.1) is 13.8 Å². The molecule has 1 saturated carbocycles. The van der Waals surface area contributed by atoms with E-state index in [0.29, 0.717) is 17.3 Å². The Morgan fingerprint density at radius 3 is 2.68 bits per heavy atom. The number of amides is 1. The number of carbonyl (C=O) groups is 1. The predicted molar refractivity (Wildman–Crippen MR) is 96.7 cm³/mol. The molecule has 128 valence electrons. The number of fused-ring (bicyclic) bond motifs is 1. The molecule has 3 aromatic rings. The molecule has 0 spiro atoms. The number of imidazole rings is 1. The summed E-state index contributed by atoms with van der Waals surface area (Å²) in [6, 6.07) is 4.21. The van der Waals surface area contributed by atoms with Gasteiger partial charge in [0.25, 0.3) is 5.91 Å². The number of hydrogen-bond donors (Lipinski definition) is 1. The quantitative estimate of drug-likeness (QED) is 0.790. The topological polar surface area (TPSA) is 72.7 Å². The highest BCUT2D eigenvalue weighted by Gasteiger charge is 2.20. The van der Waals surface area contributed by atoms with Crippen LogP contribution in [0.5, 0.6) is 0 Å². The summed E-state index contributed by atoms with van der Waals surface area (Å²) in [5, 5.41) is 2.88. The molecule has 6 nitrogen and oxygen atoms in total. The lowest BCUT2D eigenvalue weighted by atomic mass is 10.2. The van der Waals surface area contributed by atoms with Gasteiger partial charge < -0.3 is 9.88 Å². The molecule has 6 heteroatoms. The average Bonchev–Trinajstić information content (AvgIpc) is 3.26. The molecule has 0 radical (unpaired) electrons. The van der Waals surface area contributed by atoms with E-state index in [-0.39, 0.29) is 5.91 Å². The fourth-order valence-corrected chi connectivity index (χ4v) is 3.41. The lowest BCUT2D eigenvalue weighted by molar-refractivity contribution is 0.102. The SMILES string of the molecule is Cc1cc(NC(=O)c2cnc3c(c2)ncn3C2CCCC2)cnc1C. The zero-order valence-electron chi connectivity index (χ0n) is 14.5. The first-order chi connectivity index (χ1) is 12.1. The van der Waals surface area contributed by atoms with Gasteiger partial charge in [-0.3, -0.25) is 9.78 Å². The van der Waals surface area contributed by atoms with Crippen LogP contribution in [0.2, 0.25) is 0 Å². The summed E-state index contributed by atoms with van der Waals surface area (Å²) in [7, 11) is 0. The third kappa shape index (κ3) is 2.99. The molecule has 1 fully saturated rings. The Hall–Kier alpha value is -2.76. The minimum atomic E-state index is -0.199. The van der Waals surface area contributed by atoms with Crippen molar-refractivity contribution in [2.24, 2.45) is 0 Å². The van der Waals surface area contributed by atoms with Crippen LogP contribution in [0.4, 0.5) is 5.69 Å². The number of carbonyl (C=O) groups excluding carboxylic acids is 1. The van der Waals surface area contributed by atoms with Crippen molar-refractivity contribution in [2.45, 2.75) is 45.6 Å². The molecule has 0 unspecified atom stereocenters. The Balaban J connectivity index is 1.58. The van der Waals surface area contributed by atoms with E-state index in [0.717, 1.165) is 22.4 Å². The van der Waals surface area contributed by atoms with E-state index < -0.39 is 0 Å². The third-order valence-electron chi connectivity index (χ3n) is 4.99. The molecule has 1 aliphatic rings. The van der Waals surface area contributed by atoms with Gasteiger partial charge in [-0.2, -0.15) is 0 Å². The summed E-state index contributed by atoms with van der Waals surface area (Å²) in [6.45, 7) is 3.92. The molecule has 0 bridgehead atoms. The van der Waals surface area contributed by atoms with Gasteiger partial charge in [0.2, 0.25) is 0 Å². The molecule has 0 atom stereocenters. The molecular formula is C19H21N5O. The number of hydrogen-bond acceptors (Lipinski definition) is 4. The number of nitrogens with one attached hydrogen (secondary N) is 1. The predicted octanol–water partition coefficient (Wildman–Crippen LogP) is 3.81. The van der Waals surface area contributed by atoms with Gasteiger partial charge in [-0.05, 0) is 44.4 Å². The van der Waals surface area contributed by atoms with Gasteiger partial charge in [0.15, 0.2) is 5.65 Å². The van der Waals surface area contributed by atoms with E-state index >= 15 is 0 Å². The first kappa shape index (κ1) is 15.7. The molecule has 1 N–H and O–H groups in total. The minimum Gasteiger partial charge on any atom is -0.321 e. The van der Waals surface area contributed by atoms with Crippen molar-refractivity contribution in [3.8, 4) is 0 Å². The van der Waals surface area contributed by atoms with E-state index in [1.165, 1.54) is 25.7 Å². The third-order valence-corrected chi connectivity index (χ3v) is 4.99. The largest absolute Gasteiger partial charge is 0.321 e. The van der Waals surface area contributed by atoms with Crippen molar-refractivity contribution in [2.75, 3.05) is 5.32 Å². The minimum absolute atomic E-state index is 0.199. The second-order valence-electron chi connectivity index (χ2n) is 6.74. The van der Waals surface area contributed by atoms with Gasteiger partial charge in [-0.1, -0.05) is 12.8 Å². The number of aromatic nitrogens is 4. The fraction of sp³-hybridized carbons (Fsp3) is 0.368. The summed E-state index contributed by atoms with van der Waals surface area (Å²) >= 11 is 0. The molecule has 25 heavy (non-hydrogen) atoms. The van der Waals surface area contributed by atoms with E-state index in [2.05, 4.69) is 24.8 Å². The van der Waals surface area contributed by atoms with Crippen LogP contribution < -0.4 is 5.32 Å². The van der Waals surface area contributed by atoms with Gasteiger partial charge in [0.1, 0.15) is 5.52 Å².